The standard InChI is InChI=1S/C12H11Cl3N2O2S2/c1-17(6-7-4-8(16)2-3-9(7)13)21(18,19)10-5-11(14)20-12(10)15/h2-5H,6,16H2,1H3. The zero-order chi connectivity index (χ0) is 15.8. The molecule has 0 fully saturated rings. The van der Waals surface area contributed by atoms with Crippen LogP contribution in [0.5, 0.6) is 0 Å². The predicted octanol–water partition coefficient (Wildman–Crippen LogP) is 4.11. The zero-order valence-electron chi connectivity index (χ0n) is 10.8. The van der Waals surface area contributed by atoms with E-state index in [-0.39, 0.29) is 15.8 Å². The number of benzene rings is 1. The highest BCUT2D eigenvalue weighted by atomic mass is 35.5. The monoisotopic (exact) mass is 384 g/mol. The van der Waals surface area contributed by atoms with Gasteiger partial charge in [-0.15, -0.1) is 11.3 Å². The van der Waals surface area contributed by atoms with Gasteiger partial charge in [0.1, 0.15) is 9.23 Å². The first-order valence-corrected chi connectivity index (χ1v) is 9.06. The average Bonchev–Trinajstić information content (AvgIpc) is 2.73. The first kappa shape index (κ1) is 16.9. The Hall–Kier alpha value is -0.500. The van der Waals surface area contributed by atoms with Crippen molar-refractivity contribution in [3.05, 3.63) is 43.5 Å². The molecule has 0 bridgehead atoms. The van der Waals surface area contributed by atoms with Crippen molar-refractivity contribution in [1.82, 2.24) is 4.31 Å². The molecule has 0 spiro atoms. The SMILES string of the molecule is CN(Cc1cc(N)ccc1Cl)S(=O)(=O)c1cc(Cl)sc1Cl. The van der Waals surface area contributed by atoms with Crippen LogP contribution in [0, 0.1) is 0 Å². The van der Waals surface area contributed by atoms with E-state index in [1.807, 2.05) is 0 Å². The summed E-state index contributed by atoms with van der Waals surface area (Å²) in [6.45, 7) is 0.0794. The highest BCUT2D eigenvalue weighted by Gasteiger charge is 2.26. The highest BCUT2D eigenvalue weighted by molar-refractivity contribution is 7.89. The van der Waals surface area contributed by atoms with E-state index in [4.69, 9.17) is 40.5 Å². The number of hydrogen-bond donors (Lipinski definition) is 1. The number of anilines is 1. The molecule has 0 aliphatic rings. The van der Waals surface area contributed by atoms with E-state index in [0.29, 0.717) is 20.6 Å². The fourth-order valence-electron chi connectivity index (χ4n) is 1.71. The molecule has 2 rings (SSSR count). The molecule has 9 heteroatoms. The van der Waals surface area contributed by atoms with Crippen molar-refractivity contribution in [3.8, 4) is 0 Å². The van der Waals surface area contributed by atoms with Crippen LogP contribution in [0.2, 0.25) is 13.7 Å². The van der Waals surface area contributed by atoms with Gasteiger partial charge in [0.2, 0.25) is 10.0 Å². The van der Waals surface area contributed by atoms with E-state index < -0.39 is 10.0 Å². The van der Waals surface area contributed by atoms with Gasteiger partial charge in [0, 0.05) is 24.3 Å². The minimum atomic E-state index is -3.75. The van der Waals surface area contributed by atoms with Gasteiger partial charge in [0.05, 0.1) is 4.34 Å². The average molecular weight is 386 g/mol. The molecular weight excluding hydrogens is 375 g/mol. The van der Waals surface area contributed by atoms with Crippen molar-refractivity contribution in [2.45, 2.75) is 11.4 Å². The summed E-state index contributed by atoms with van der Waals surface area (Å²) in [5.41, 5.74) is 6.81. The van der Waals surface area contributed by atoms with Crippen LogP contribution in [-0.2, 0) is 16.6 Å². The maximum atomic E-state index is 12.5. The van der Waals surface area contributed by atoms with Gasteiger partial charge >= 0.3 is 0 Å². The second-order valence-electron chi connectivity index (χ2n) is 4.30. The maximum Gasteiger partial charge on any atom is 0.245 e. The molecule has 0 aliphatic carbocycles. The number of nitrogens with two attached hydrogens (primary N) is 1. The van der Waals surface area contributed by atoms with Gasteiger partial charge in [-0.25, -0.2) is 8.42 Å². The van der Waals surface area contributed by atoms with E-state index in [0.717, 1.165) is 15.6 Å². The minimum absolute atomic E-state index is 0.0123. The molecule has 21 heavy (non-hydrogen) atoms. The fourth-order valence-corrected chi connectivity index (χ4v) is 5.14. The fraction of sp³-hybridized carbons (Fsp3) is 0.167. The third kappa shape index (κ3) is 3.64. The van der Waals surface area contributed by atoms with Crippen LogP contribution in [0.15, 0.2) is 29.2 Å². The van der Waals surface area contributed by atoms with Gasteiger partial charge in [-0.2, -0.15) is 4.31 Å². The molecule has 1 heterocycles. The number of rotatable bonds is 4. The third-order valence-corrected chi connectivity index (χ3v) is 6.70. The summed E-state index contributed by atoms with van der Waals surface area (Å²) in [4.78, 5) is -0.0123. The molecule has 2 aromatic rings. The van der Waals surface area contributed by atoms with Crippen LogP contribution in [0.25, 0.3) is 0 Å². The summed E-state index contributed by atoms with van der Waals surface area (Å²) in [5, 5.41) is 0.445. The van der Waals surface area contributed by atoms with Crippen molar-refractivity contribution in [3.63, 3.8) is 0 Å². The third-order valence-electron chi connectivity index (χ3n) is 2.78. The summed E-state index contributed by atoms with van der Waals surface area (Å²) in [6, 6.07) is 6.24. The second-order valence-corrected chi connectivity index (χ2v) is 9.01. The number of nitrogens with zero attached hydrogens (tertiary/aromatic N) is 1. The molecule has 4 nitrogen and oxygen atoms in total. The number of halogens is 3. The molecule has 0 radical (unpaired) electrons. The molecule has 0 unspecified atom stereocenters. The number of hydrogen-bond acceptors (Lipinski definition) is 4. The Labute approximate surface area is 142 Å². The Morgan fingerprint density at radius 3 is 2.48 bits per heavy atom. The lowest BCUT2D eigenvalue weighted by molar-refractivity contribution is 0.467. The molecule has 114 valence electrons. The molecule has 0 saturated carbocycles. The predicted molar refractivity (Wildman–Crippen MR) is 88.9 cm³/mol. The Bertz CT molecular complexity index is 775. The zero-order valence-corrected chi connectivity index (χ0v) is 14.7. The summed E-state index contributed by atoms with van der Waals surface area (Å²) in [6.07, 6.45) is 0. The number of nitrogen functional groups attached to an aromatic ring is 1. The van der Waals surface area contributed by atoms with E-state index in [2.05, 4.69) is 0 Å². The molecule has 0 saturated heterocycles. The van der Waals surface area contributed by atoms with Gasteiger partial charge < -0.3 is 5.73 Å². The van der Waals surface area contributed by atoms with Crippen molar-refractivity contribution >= 4 is 61.9 Å². The molecule has 0 aliphatic heterocycles. The molecule has 0 atom stereocenters. The second kappa shape index (κ2) is 6.32. The Balaban J connectivity index is 2.33. The van der Waals surface area contributed by atoms with Crippen molar-refractivity contribution in [1.29, 1.82) is 0 Å². The smallest absolute Gasteiger partial charge is 0.245 e. The Morgan fingerprint density at radius 2 is 1.90 bits per heavy atom. The van der Waals surface area contributed by atoms with E-state index in [9.17, 15) is 8.42 Å². The summed E-state index contributed by atoms with van der Waals surface area (Å²) < 4.78 is 26.6. The topological polar surface area (TPSA) is 63.4 Å². The molecular formula is C12H11Cl3N2O2S2. The lowest BCUT2D eigenvalue weighted by Gasteiger charge is -2.17. The van der Waals surface area contributed by atoms with Gasteiger partial charge in [-0.1, -0.05) is 34.8 Å². The quantitative estimate of drug-likeness (QED) is 0.805. The van der Waals surface area contributed by atoms with Crippen LogP contribution < -0.4 is 5.73 Å². The van der Waals surface area contributed by atoms with Gasteiger partial charge in [0.25, 0.3) is 0 Å². The van der Waals surface area contributed by atoms with E-state index in [1.54, 1.807) is 18.2 Å². The lowest BCUT2D eigenvalue weighted by Crippen LogP contribution is -2.26. The summed E-state index contributed by atoms with van der Waals surface area (Å²) in [7, 11) is -2.31. The lowest BCUT2D eigenvalue weighted by atomic mass is 10.2. The van der Waals surface area contributed by atoms with Crippen molar-refractivity contribution in [2.24, 2.45) is 0 Å². The Kier molecular flexibility index (Phi) is 5.07. The minimum Gasteiger partial charge on any atom is -0.399 e. The molecule has 0 amide bonds. The van der Waals surface area contributed by atoms with Crippen LogP contribution in [0.3, 0.4) is 0 Å². The summed E-state index contributed by atoms with van der Waals surface area (Å²) >= 11 is 18.8. The highest BCUT2D eigenvalue weighted by Crippen LogP contribution is 2.36. The molecule has 1 aromatic carbocycles. The number of sulfonamides is 1. The first-order valence-electron chi connectivity index (χ1n) is 5.67. The van der Waals surface area contributed by atoms with Crippen LogP contribution in [-0.4, -0.2) is 19.8 Å². The number of thiophene rings is 1. The first-order chi connectivity index (χ1) is 9.71. The van der Waals surface area contributed by atoms with Crippen LogP contribution in [0.4, 0.5) is 5.69 Å². The normalized spacial score (nSPS) is 12.0. The van der Waals surface area contributed by atoms with Crippen LogP contribution >= 0.6 is 46.1 Å². The van der Waals surface area contributed by atoms with Gasteiger partial charge in [0.15, 0.2) is 0 Å². The van der Waals surface area contributed by atoms with Crippen molar-refractivity contribution in [2.75, 3.05) is 12.8 Å². The van der Waals surface area contributed by atoms with Crippen molar-refractivity contribution < 1.29 is 8.42 Å². The molecule has 2 N–H and O–H groups in total. The van der Waals surface area contributed by atoms with E-state index >= 15 is 0 Å². The molecule has 1 aromatic heterocycles. The van der Waals surface area contributed by atoms with E-state index in [1.165, 1.54) is 13.1 Å². The summed E-state index contributed by atoms with van der Waals surface area (Å²) in [5.74, 6) is 0. The van der Waals surface area contributed by atoms with Crippen LogP contribution in [0.1, 0.15) is 5.56 Å². The van der Waals surface area contributed by atoms with Gasteiger partial charge in [-0.3, -0.25) is 0 Å². The maximum absolute atomic E-state index is 12.5. The Morgan fingerprint density at radius 1 is 1.24 bits per heavy atom. The van der Waals surface area contributed by atoms with Gasteiger partial charge in [-0.05, 0) is 29.8 Å². The largest absolute Gasteiger partial charge is 0.399 e.